The van der Waals surface area contributed by atoms with Gasteiger partial charge in [-0.2, -0.15) is 0 Å². The van der Waals surface area contributed by atoms with E-state index in [0.29, 0.717) is 0 Å². The van der Waals surface area contributed by atoms with Gasteiger partial charge in [0.05, 0.1) is 5.69 Å². The number of benzene rings is 2. The number of rotatable bonds is 4. The van der Waals surface area contributed by atoms with Crippen LogP contribution < -0.4 is 0 Å². The number of pyridine rings is 1. The SMILES string of the molecule is CC.Cc1cc(Cl)ccc1N=C(SCc1ccccc1)c1cccnc1. The third-order valence-corrected chi connectivity index (χ3v) is 4.82. The van der Waals surface area contributed by atoms with Crippen molar-refractivity contribution in [2.75, 3.05) is 0 Å². The number of thioether (sulfide) groups is 1. The fourth-order valence-electron chi connectivity index (χ4n) is 2.25. The van der Waals surface area contributed by atoms with Gasteiger partial charge in [-0.1, -0.05) is 55.8 Å². The van der Waals surface area contributed by atoms with Gasteiger partial charge in [-0.25, -0.2) is 4.99 Å². The van der Waals surface area contributed by atoms with Gasteiger partial charge < -0.3 is 0 Å². The zero-order chi connectivity index (χ0) is 18.8. The first kappa shape index (κ1) is 20.2. The van der Waals surface area contributed by atoms with Gasteiger partial charge in [0.2, 0.25) is 0 Å². The van der Waals surface area contributed by atoms with Crippen molar-refractivity contribution >= 4 is 34.1 Å². The molecule has 0 bridgehead atoms. The molecule has 0 saturated heterocycles. The van der Waals surface area contributed by atoms with E-state index in [4.69, 9.17) is 16.6 Å². The van der Waals surface area contributed by atoms with Crippen LogP contribution in [0, 0.1) is 6.92 Å². The molecular formula is C22H23ClN2S. The van der Waals surface area contributed by atoms with Crippen LogP contribution in [0.25, 0.3) is 0 Å². The first-order valence-corrected chi connectivity index (χ1v) is 10.0. The Morgan fingerprint density at radius 3 is 2.46 bits per heavy atom. The lowest BCUT2D eigenvalue weighted by atomic mass is 10.2. The average molecular weight is 383 g/mol. The topological polar surface area (TPSA) is 25.2 Å². The zero-order valence-corrected chi connectivity index (χ0v) is 16.9. The summed E-state index contributed by atoms with van der Waals surface area (Å²) in [6, 6.07) is 20.1. The summed E-state index contributed by atoms with van der Waals surface area (Å²) in [7, 11) is 0. The highest BCUT2D eigenvalue weighted by Gasteiger charge is 2.07. The van der Waals surface area contributed by atoms with Gasteiger partial charge in [0.25, 0.3) is 0 Å². The number of nitrogens with zero attached hydrogens (tertiary/aromatic N) is 2. The van der Waals surface area contributed by atoms with E-state index < -0.39 is 0 Å². The summed E-state index contributed by atoms with van der Waals surface area (Å²) in [5.74, 6) is 0.862. The number of hydrogen-bond donors (Lipinski definition) is 0. The molecule has 0 radical (unpaired) electrons. The summed E-state index contributed by atoms with van der Waals surface area (Å²) in [5, 5.41) is 1.68. The fraction of sp³-hybridized carbons (Fsp3) is 0.182. The Morgan fingerprint density at radius 1 is 1.04 bits per heavy atom. The monoisotopic (exact) mass is 382 g/mol. The summed E-state index contributed by atoms with van der Waals surface area (Å²) >= 11 is 7.76. The molecule has 134 valence electrons. The maximum Gasteiger partial charge on any atom is 0.106 e. The molecule has 0 amide bonds. The Bertz CT molecular complexity index is 833. The van der Waals surface area contributed by atoms with Gasteiger partial charge in [-0.05, 0) is 48.4 Å². The van der Waals surface area contributed by atoms with Crippen molar-refractivity contribution in [3.05, 3.63) is 94.8 Å². The van der Waals surface area contributed by atoms with Crippen molar-refractivity contribution in [1.82, 2.24) is 4.98 Å². The van der Waals surface area contributed by atoms with Crippen LogP contribution in [-0.4, -0.2) is 10.0 Å². The van der Waals surface area contributed by atoms with E-state index in [1.54, 1.807) is 18.0 Å². The molecule has 2 aromatic carbocycles. The summed E-state index contributed by atoms with van der Waals surface area (Å²) in [4.78, 5) is 9.09. The number of aliphatic imine (C=N–C) groups is 1. The normalized spacial score (nSPS) is 10.8. The first-order chi connectivity index (χ1) is 12.7. The lowest BCUT2D eigenvalue weighted by molar-refractivity contribution is 1.31. The molecule has 3 aromatic rings. The summed E-state index contributed by atoms with van der Waals surface area (Å²) in [6.07, 6.45) is 3.62. The molecule has 26 heavy (non-hydrogen) atoms. The molecule has 0 aliphatic heterocycles. The number of hydrogen-bond acceptors (Lipinski definition) is 3. The Kier molecular flexibility index (Phi) is 8.39. The van der Waals surface area contributed by atoms with Crippen molar-refractivity contribution in [3.63, 3.8) is 0 Å². The molecule has 3 rings (SSSR count). The lowest BCUT2D eigenvalue weighted by Gasteiger charge is -2.08. The Morgan fingerprint density at radius 2 is 1.81 bits per heavy atom. The molecule has 1 aromatic heterocycles. The van der Waals surface area contributed by atoms with Crippen LogP contribution in [0.15, 0.2) is 78.0 Å². The average Bonchev–Trinajstić information content (AvgIpc) is 2.70. The van der Waals surface area contributed by atoms with Gasteiger partial charge in [0.1, 0.15) is 5.04 Å². The molecule has 0 spiro atoms. The van der Waals surface area contributed by atoms with Crippen LogP contribution >= 0.6 is 23.4 Å². The Labute approximate surface area is 165 Å². The Hall–Kier alpha value is -2.10. The molecule has 4 heteroatoms. The number of halogens is 1. The predicted molar refractivity (Wildman–Crippen MR) is 116 cm³/mol. The molecule has 1 heterocycles. The predicted octanol–water partition coefficient (Wildman–Crippen LogP) is 7.08. The van der Waals surface area contributed by atoms with E-state index in [1.165, 1.54) is 5.56 Å². The van der Waals surface area contributed by atoms with E-state index in [2.05, 4.69) is 29.2 Å². The molecular weight excluding hydrogens is 360 g/mol. The maximum atomic E-state index is 6.05. The van der Waals surface area contributed by atoms with E-state index in [1.807, 2.05) is 63.4 Å². The van der Waals surface area contributed by atoms with Gasteiger partial charge in [0.15, 0.2) is 0 Å². The summed E-state index contributed by atoms with van der Waals surface area (Å²) in [6.45, 7) is 6.02. The van der Waals surface area contributed by atoms with Crippen LogP contribution in [0.2, 0.25) is 5.02 Å². The third-order valence-electron chi connectivity index (χ3n) is 3.51. The minimum absolute atomic E-state index is 0.728. The zero-order valence-electron chi connectivity index (χ0n) is 15.3. The van der Waals surface area contributed by atoms with Crippen molar-refractivity contribution in [2.45, 2.75) is 26.5 Å². The first-order valence-electron chi connectivity index (χ1n) is 8.64. The van der Waals surface area contributed by atoms with E-state index in [0.717, 1.165) is 32.6 Å². The van der Waals surface area contributed by atoms with Crippen LogP contribution in [0.4, 0.5) is 5.69 Å². The second-order valence-electron chi connectivity index (χ2n) is 5.36. The van der Waals surface area contributed by atoms with Crippen molar-refractivity contribution in [1.29, 1.82) is 0 Å². The second-order valence-corrected chi connectivity index (χ2v) is 6.76. The van der Waals surface area contributed by atoms with Gasteiger partial charge >= 0.3 is 0 Å². The van der Waals surface area contributed by atoms with Crippen LogP contribution in [0.5, 0.6) is 0 Å². The van der Waals surface area contributed by atoms with Crippen LogP contribution in [0.3, 0.4) is 0 Å². The van der Waals surface area contributed by atoms with Crippen molar-refractivity contribution in [2.24, 2.45) is 4.99 Å². The van der Waals surface area contributed by atoms with Crippen LogP contribution in [-0.2, 0) is 5.75 Å². The smallest absolute Gasteiger partial charge is 0.106 e. The maximum absolute atomic E-state index is 6.05. The van der Waals surface area contributed by atoms with Crippen molar-refractivity contribution in [3.8, 4) is 0 Å². The summed E-state index contributed by atoms with van der Waals surface area (Å²) < 4.78 is 0. The summed E-state index contributed by atoms with van der Waals surface area (Å²) in [5.41, 5.74) is 4.28. The standard InChI is InChI=1S/C20H17ClN2S.C2H6/c1-15-12-18(21)9-10-19(15)23-20(17-8-5-11-22-13-17)24-14-16-6-3-2-4-7-16;1-2/h2-13H,14H2,1H3;1-2H3. The molecule has 0 fully saturated rings. The number of aryl methyl sites for hydroxylation is 1. The second kappa shape index (κ2) is 10.8. The molecule has 0 aliphatic carbocycles. The minimum atomic E-state index is 0.728. The Balaban J connectivity index is 0.00000117. The van der Waals surface area contributed by atoms with Crippen LogP contribution in [0.1, 0.15) is 30.5 Å². The highest BCUT2D eigenvalue weighted by atomic mass is 35.5. The van der Waals surface area contributed by atoms with E-state index in [9.17, 15) is 0 Å². The molecule has 0 atom stereocenters. The fourth-order valence-corrected chi connectivity index (χ4v) is 3.42. The quantitative estimate of drug-likeness (QED) is 0.355. The third kappa shape index (κ3) is 6.01. The molecule has 2 nitrogen and oxygen atoms in total. The highest BCUT2D eigenvalue weighted by Crippen LogP contribution is 2.27. The minimum Gasteiger partial charge on any atom is -0.264 e. The molecule has 0 aliphatic rings. The van der Waals surface area contributed by atoms with Gasteiger partial charge in [-0.15, -0.1) is 11.8 Å². The number of aromatic nitrogens is 1. The van der Waals surface area contributed by atoms with Gasteiger partial charge in [-0.3, -0.25) is 4.98 Å². The van der Waals surface area contributed by atoms with Crippen molar-refractivity contribution < 1.29 is 0 Å². The molecule has 0 saturated carbocycles. The lowest BCUT2D eigenvalue weighted by Crippen LogP contribution is -1.97. The molecule has 0 unspecified atom stereocenters. The van der Waals surface area contributed by atoms with E-state index in [-0.39, 0.29) is 0 Å². The largest absolute Gasteiger partial charge is 0.264 e. The molecule has 0 N–H and O–H groups in total. The highest BCUT2D eigenvalue weighted by molar-refractivity contribution is 8.13. The van der Waals surface area contributed by atoms with E-state index >= 15 is 0 Å². The van der Waals surface area contributed by atoms with Gasteiger partial charge in [0, 0.05) is 28.7 Å².